The van der Waals surface area contributed by atoms with Crippen LogP contribution < -0.4 is 20.9 Å². The van der Waals surface area contributed by atoms with E-state index in [4.69, 9.17) is 15.5 Å². The number of alkyl halides is 1. The summed E-state index contributed by atoms with van der Waals surface area (Å²) in [6.45, 7) is 9.98. The number of morpholine rings is 1. The maximum Gasteiger partial charge on any atom is 0.328 e. The fourth-order valence-corrected chi connectivity index (χ4v) is 10.6. The normalized spacial score (nSPS) is 22.1. The maximum absolute atomic E-state index is 16.6. The van der Waals surface area contributed by atoms with Crippen LogP contribution in [0.15, 0.2) is 60.9 Å². The number of nitrogens with one attached hydrogen (secondary N) is 1. The van der Waals surface area contributed by atoms with E-state index < -0.39 is 11.7 Å². The van der Waals surface area contributed by atoms with Crippen LogP contribution >= 0.6 is 0 Å². The largest absolute Gasteiger partial charge is 0.507 e. The van der Waals surface area contributed by atoms with E-state index >= 15 is 4.39 Å². The molecule has 1 saturated carbocycles. The third kappa shape index (κ3) is 8.49. The first-order chi connectivity index (χ1) is 31.3. The van der Waals surface area contributed by atoms with Gasteiger partial charge in [-0.3, -0.25) is 19.8 Å². The van der Waals surface area contributed by atoms with Gasteiger partial charge >= 0.3 is 6.03 Å². The van der Waals surface area contributed by atoms with Crippen molar-refractivity contribution in [2.45, 2.75) is 95.6 Å². The highest BCUT2D eigenvalue weighted by atomic mass is 19.1. The van der Waals surface area contributed by atoms with Crippen molar-refractivity contribution < 1.29 is 28.6 Å². The van der Waals surface area contributed by atoms with Gasteiger partial charge in [0.25, 0.3) is 5.91 Å². The average Bonchev–Trinajstić information content (AvgIpc) is 4.06. The number of fused-ring (bicyclic) bond motifs is 1. The first-order valence-electron chi connectivity index (χ1n) is 23.1. The summed E-state index contributed by atoms with van der Waals surface area (Å²) >= 11 is 0. The molecule has 0 bridgehead atoms. The minimum absolute atomic E-state index is 0.0687. The summed E-state index contributed by atoms with van der Waals surface area (Å²) in [4.78, 5) is 51.2. The molecule has 3 aromatic heterocycles. The Balaban J connectivity index is 0.758. The molecule has 16 heteroatoms. The number of ether oxygens (including phenoxy) is 1. The van der Waals surface area contributed by atoms with E-state index in [2.05, 4.69) is 42.1 Å². The average molecular weight is 885 g/mol. The van der Waals surface area contributed by atoms with Crippen molar-refractivity contribution in [1.29, 1.82) is 0 Å². The van der Waals surface area contributed by atoms with Crippen LogP contribution in [0, 0.1) is 13.8 Å². The van der Waals surface area contributed by atoms with Crippen molar-refractivity contribution in [1.82, 2.24) is 34.9 Å². The summed E-state index contributed by atoms with van der Waals surface area (Å²) in [5.41, 5.74) is 13.0. The number of likely N-dealkylation sites (tertiary alicyclic amines) is 2. The minimum Gasteiger partial charge on any atom is -0.507 e. The van der Waals surface area contributed by atoms with Crippen LogP contribution in [-0.4, -0.2) is 117 Å². The van der Waals surface area contributed by atoms with E-state index in [1.165, 1.54) is 5.56 Å². The van der Waals surface area contributed by atoms with Crippen molar-refractivity contribution in [2.75, 3.05) is 67.9 Å². The van der Waals surface area contributed by atoms with Crippen molar-refractivity contribution >= 4 is 46.1 Å². The van der Waals surface area contributed by atoms with Gasteiger partial charge in [0.2, 0.25) is 5.91 Å². The zero-order chi connectivity index (χ0) is 45.1. The van der Waals surface area contributed by atoms with E-state index in [9.17, 15) is 19.5 Å². The molecule has 4 N–H and O–H groups in total. The fraction of sp³-hybridized carbons (Fsp3) is 0.469. The number of phenolic OH excluding ortho intramolecular Hbond substituents is 1. The molecule has 2 aromatic carbocycles. The Labute approximate surface area is 377 Å². The summed E-state index contributed by atoms with van der Waals surface area (Å²) in [7, 11) is 0. The minimum atomic E-state index is -1.38. The lowest BCUT2D eigenvalue weighted by molar-refractivity contribution is -0.120. The molecule has 7 heterocycles. The Hall–Kier alpha value is -6.13. The van der Waals surface area contributed by atoms with Gasteiger partial charge in [-0.1, -0.05) is 24.3 Å². The Morgan fingerprint density at radius 3 is 2.42 bits per heavy atom. The number of nitrogen functional groups attached to an aromatic ring is 1. The molecule has 4 aliphatic heterocycles. The van der Waals surface area contributed by atoms with Crippen LogP contribution in [0.2, 0.25) is 0 Å². The smallest absolute Gasteiger partial charge is 0.328 e. The molecule has 1 aliphatic carbocycles. The number of hydrogen-bond donors (Lipinski definition) is 3. The number of hydrogen-bond acceptors (Lipinski definition) is 11. The predicted octanol–water partition coefficient (Wildman–Crippen LogP) is 6.97. The fourth-order valence-electron chi connectivity index (χ4n) is 10.6. The number of rotatable bonds is 9. The maximum atomic E-state index is 16.6. The van der Waals surface area contributed by atoms with Gasteiger partial charge in [0.05, 0.1) is 29.4 Å². The van der Waals surface area contributed by atoms with Crippen molar-refractivity contribution in [3.05, 3.63) is 88.7 Å². The highest BCUT2D eigenvalue weighted by Gasteiger charge is 2.40. The monoisotopic (exact) mass is 884 g/mol. The Kier molecular flexibility index (Phi) is 11.2. The number of aromatic hydroxyl groups is 1. The second-order valence-corrected chi connectivity index (χ2v) is 18.9. The first-order valence-corrected chi connectivity index (χ1v) is 23.1. The third-order valence-electron chi connectivity index (χ3n) is 14.2. The summed E-state index contributed by atoms with van der Waals surface area (Å²) in [6.07, 6.45) is 8.43. The molecule has 5 aromatic rings. The van der Waals surface area contributed by atoms with Gasteiger partial charge in [0, 0.05) is 100 Å². The Morgan fingerprint density at radius 2 is 1.71 bits per heavy atom. The molecular formula is C49H57FN10O5. The molecule has 2 atom stereocenters. The number of urea groups is 1. The molecule has 5 aliphatic rings. The summed E-state index contributed by atoms with van der Waals surface area (Å²) < 4.78 is 25.4. The third-order valence-corrected chi connectivity index (χ3v) is 14.2. The number of halogens is 1. The van der Waals surface area contributed by atoms with Crippen molar-refractivity contribution in [2.24, 2.45) is 0 Å². The second-order valence-electron chi connectivity index (χ2n) is 18.9. The Morgan fingerprint density at radius 1 is 0.969 bits per heavy atom. The zero-order valence-electron chi connectivity index (χ0n) is 37.3. The number of anilines is 3. The molecule has 5 fully saturated rings. The van der Waals surface area contributed by atoms with E-state index in [0.29, 0.717) is 92.0 Å². The first kappa shape index (κ1) is 42.8. The number of nitrogens with zero attached hydrogens (tertiary/aromatic N) is 8. The second kappa shape index (κ2) is 17.0. The van der Waals surface area contributed by atoms with Crippen LogP contribution in [0.3, 0.4) is 0 Å². The number of para-hydroxylation sites is 1. The van der Waals surface area contributed by atoms with Gasteiger partial charge in [-0.2, -0.15) is 0 Å². The standard InChI is InChI=1S/C49H57FN10O5/c1-29-20-33(42-27-58(25-31(3)65-42)40-23-39(54-55-45(40)51)36-6-4-5-7-41(36)61)21-30(2)44(29)47(63)57-18-13-49(50,14-19-57)28-56-15-10-34(11-16-56)60-26-38(32-8-9-32)37-22-35(24-52-46(37)60)59-17-12-43(62)53-48(59)64/h4-7,20-24,26,31-32,34,42,61H,8-19,25,27-28H2,1-3H3,(H2,51,55)(H,53,62,64)/t31-,42-/m0/s1. The zero-order valence-corrected chi connectivity index (χ0v) is 37.3. The molecule has 4 saturated heterocycles. The topological polar surface area (TPSA) is 175 Å². The van der Waals surface area contributed by atoms with Crippen molar-refractivity contribution in [3.8, 4) is 17.0 Å². The molecule has 0 unspecified atom stereocenters. The lowest BCUT2D eigenvalue weighted by atomic mass is 9.90. The van der Waals surface area contributed by atoms with Gasteiger partial charge in [-0.15, -0.1) is 10.2 Å². The van der Waals surface area contributed by atoms with Gasteiger partial charge < -0.3 is 34.8 Å². The number of piperidine rings is 2. The van der Waals surface area contributed by atoms with Crippen LogP contribution in [0.5, 0.6) is 5.75 Å². The quantitative estimate of drug-likeness (QED) is 0.140. The SMILES string of the molecule is Cc1cc([C@@H]2CN(c3cc(-c4ccccc4O)nnc3N)C[C@H](C)O2)cc(C)c1C(=O)N1CCC(F)(CN2CCC(n3cc(C4CC4)c4cc(N5CCC(=O)NC5=O)cnc43)CC2)CC1. The number of nitrogens with two attached hydrogens (primary N) is 1. The van der Waals surface area contributed by atoms with Crippen LogP contribution in [0.25, 0.3) is 22.3 Å². The van der Waals surface area contributed by atoms with E-state index in [1.54, 1.807) is 29.3 Å². The number of benzene rings is 2. The van der Waals surface area contributed by atoms with Gasteiger partial charge in [-0.25, -0.2) is 14.2 Å². The lowest BCUT2D eigenvalue weighted by Crippen LogP contribution is -2.51. The van der Waals surface area contributed by atoms with E-state index in [-0.39, 0.29) is 42.2 Å². The highest BCUT2D eigenvalue weighted by molar-refractivity contribution is 6.06. The Bertz CT molecular complexity index is 2650. The number of imide groups is 1. The number of carbonyl (C=O) groups is 3. The van der Waals surface area contributed by atoms with Gasteiger partial charge in [-0.05, 0) is 98.9 Å². The highest BCUT2D eigenvalue weighted by Crippen LogP contribution is 2.46. The summed E-state index contributed by atoms with van der Waals surface area (Å²) in [6, 6.07) is 14.8. The number of carbonyl (C=O) groups excluding carboxylic acids is 3. The molecule has 10 rings (SSSR count). The van der Waals surface area contributed by atoms with E-state index in [1.807, 2.05) is 49.9 Å². The molecule has 340 valence electrons. The number of aromatic nitrogens is 4. The molecule has 15 nitrogen and oxygen atoms in total. The van der Waals surface area contributed by atoms with Gasteiger partial charge in [0.1, 0.15) is 23.2 Å². The molecule has 0 spiro atoms. The number of pyridine rings is 1. The van der Waals surface area contributed by atoms with Crippen LogP contribution in [0.1, 0.15) is 103 Å². The number of phenols is 1. The summed E-state index contributed by atoms with van der Waals surface area (Å²) in [5.74, 6) is 0.562. The molecule has 0 radical (unpaired) electrons. The van der Waals surface area contributed by atoms with Crippen molar-refractivity contribution in [3.63, 3.8) is 0 Å². The molecular weight excluding hydrogens is 828 g/mol. The van der Waals surface area contributed by atoms with E-state index in [0.717, 1.165) is 66.5 Å². The molecule has 4 amide bonds. The van der Waals surface area contributed by atoms with Crippen LogP contribution in [-0.2, 0) is 9.53 Å². The lowest BCUT2D eigenvalue weighted by Gasteiger charge is -2.41. The van der Waals surface area contributed by atoms with Crippen LogP contribution in [0.4, 0.5) is 26.4 Å². The predicted molar refractivity (Wildman–Crippen MR) is 246 cm³/mol. The number of aryl methyl sites for hydroxylation is 2. The number of amides is 4. The summed E-state index contributed by atoms with van der Waals surface area (Å²) in [5, 5.41) is 22.4. The van der Waals surface area contributed by atoms with Gasteiger partial charge in [0.15, 0.2) is 5.82 Å². The molecule has 65 heavy (non-hydrogen) atoms.